The lowest BCUT2D eigenvalue weighted by Gasteiger charge is -2.09. The van der Waals surface area contributed by atoms with Crippen LogP contribution in [0.1, 0.15) is 5.56 Å². The molecule has 0 aliphatic heterocycles. The number of anilines is 1. The highest BCUT2D eigenvalue weighted by atomic mass is 79.9. The van der Waals surface area contributed by atoms with Gasteiger partial charge in [0.25, 0.3) is 0 Å². The van der Waals surface area contributed by atoms with E-state index in [0.717, 1.165) is 12.1 Å². The lowest BCUT2D eigenvalue weighted by molar-refractivity contribution is 0.586. The molecule has 0 unspecified atom stereocenters. The molecule has 0 heterocycles. The van der Waals surface area contributed by atoms with E-state index in [1.54, 1.807) is 6.07 Å². The fourth-order valence-electron chi connectivity index (χ4n) is 1.55. The van der Waals surface area contributed by atoms with E-state index in [1.165, 1.54) is 12.1 Å². The summed E-state index contributed by atoms with van der Waals surface area (Å²) in [5.41, 5.74) is 0.280. The van der Waals surface area contributed by atoms with Crippen molar-refractivity contribution in [3.8, 4) is 0 Å². The van der Waals surface area contributed by atoms with Crippen LogP contribution in [0.3, 0.4) is 0 Å². The first-order chi connectivity index (χ1) is 8.97. The summed E-state index contributed by atoms with van der Waals surface area (Å²) >= 11 is 8.53. The molecule has 0 aromatic heterocycles. The van der Waals surface area contributed by atoms with Gasteiger partial charge in [0.2, 0.25) is 0 Å². The monoisotopic (exact) mass is 349 g/mol. The van der Waals surface area contributed by atoms with Gasteiger partial charge in [-0.2, -0.15) is 0 Å². The number of hydrogen-bond donors (Lipinski definition) is 1. The fourth-order valence-corrected chi connectivity index (χ4v) is 2.07. The summed E-state index contributed by atoms with van der Waals surface area (Å²) < 4.78 is 40.6. The minimum absolute atomic E-state index is 0.00440. The molecule has 2 aromatic carbocycles. The molecule has 0 atom stereocenters. The maximum Gasteiger partial charge on any atom is 0.150 e. The summed E-state index contributed by atoms with van der Waals surface area (Å²) in [6.45, 7) is 0.0869. The predicted octanol–water partition coefficient (Wildman–Crippen LogP) is 5.13. The molecule has 2 aromatic rings. The van der Waals surface area contributed by atoms with Crippen molar-refractivity contribution in [2.24, 2.45) is 0 Å². The maximum absolute atomic E-state index is 13.5. The van der Waals surface area contributed by atoms with Crippen molar-refractivity contribution >= 4 is 33.2 Å². The highest BCUT2D eigenvalue weighted by molar-refractivity contribution is 9.10. The minimum Gasteiger partial charge on any atom is -0.376 e. The molecule has 0 spiro atoms. The summed E-state index contributed by atoms with van der Waals surface area (Å²) in [6, 6.07) is 6.47. The Balaban J connectivity index is 2.16. The molecule has 6 heteroatoms. The van der Waals surface area contributed by atoms with Crippen LogP contribution in [0.15, 0.2) is 34.8 Å². The molecule has 0 aliphatic rings. The van der Waals surface area contributed by atoms with Crippen LogP contribution in [-0.2, 0) is 6.54 Å². The van der Waals surface area contributed by atoms with Gasteiger partial charge < -0.3 is 5.32 Å². The van der Waals surface area contributed by atoms with Crippen molar-refractivity contribution in [3.05, 3.63) is 62.8 Å². The normalized spacial score (nSPS) is 10.6. The molecule has 0 saturated carbocycles. The van der Waals surface area contributed by atoms with Crippen LogP contribution in [0.5, 0.6) is 0 Å². The van der Waals surface area contributed by atoms with Gasteiger partial charge in [-0.1, -0.05) is 33.6 Å². The van der Waals surface area contributed by atoms with Gasteiger partial charge in [0.1, 0.15) is 23.1 Å². The molecule has 19 heavy (non-hydrogen) atoms. The van der Waals surface area contributed by atoms with Gasteiger partial charge in [-0.25, -0.2) is 13.2 Å². The Morgan fingerprint density at radius 2 is 1.63 bits per heavy atom. The number of halogens is 5. The Morgan fingerprint density at radius 3 is 2.21 bits per heavy atom. The Hall–Kier alpha value is -1.20. The number of benzene rings is 2. The van der Waals surface area contributed by atoms with Gasteiger partial charge in [-0.05, 0) is 29.8 Å². The Bertz CT molecular complexity index is 596. The quantitative estimate of drug-likeness (QED) is 0.809. The van der Waals surface area contributed by atoms with Crippen molar-refractivity contribution in [3.63, 3.8) is 0 Å². The van der Waals surface area contributed by atoms with Gasteiger partial charge in [0.15, 0.2) is 0 Å². The zero-order chi connectivity index (χ0) is 14.0. The van der Waals surface area contributed by atoms with Crippen LogP contribution in [0.4, 0.5) is 18.9 Å². The summed E-state index contributed by atoms with van der Waals surface area (Å²) in [6.07, 6.45) is 0. The minimum atomic E-state index is -0.721. The average Bonchev–Trinajstić information content (AvgIpc) is 2.32. The van der Waals surface area contributed by atoms with E-state index in [2.05, 4.69) is 21.2 Å². The number of rotatable bonds is 3. The van der Waals surface area contributed by atoms with Crippen LogP contribution in [-0.4, -0.2) is 0 Å². The molecule has 0 saturated heterocycles. The molecule has 1 N–H and O–H groups in total. The smallest absolute Gasteiger partial charge is 0.150 e. The predicted molar refractivity (Wildman–Crippen MR) is 72.8 cm³/mol. The average molecular weight is 351 g/mol. The second-order valence-corrected chi connectivity index (χ2v) is 5.17. The molecule has 0 fully saturated rings. The highest BCUT2D eigenvalue weighted by Crippen LogP contribution is 2.24. The van der Waals surface area contributed by atoms with E-state index in [1.807, 2.05) is 0 Å². The van der Waals surface area contributed by atoms with E-state index in [4.69, 9.17) is 11.6 Å². The van der Waals surface area contributed by atoms with E-state index in [-0.39, 0.29) is 17.3 Å². The molecular formula is C13H8BrClF3N. The van der Waals surface area contributed by atoms with E-state index >= 15 is 0 Å². The van der Waals surface area contributed by atoms with Crippen LogP contribution >= 0.6 is 27.5 Å². The second kappa shape index (κ2) is 5.84. The number of nitrogens with one attached hydrogen (secondary N) is 1. The zero-order valence-corrected chi connectivity index (χ0v) is 11.8. The van der Waals surface area contributed by atoms with E-state index < -0.39 is 17.5 Å². The van der Waals surface area contributed by atoms with Crippen LogP contribution in [0, 0.1) is 17.5 Å². The van der Waals surface area contributed by atoms with Gasteiger partial charge in [-0.15, -0.1) is 0 Å². The molecular weight excluding hydrogens is 343 g/mol. The van der Waals surface area contributed by atoms with Gasteiger partial charge in [0, 0.05) is 11.0 Å². The van der Waals surface area contributed by atoms with Gasteiger partial charge in [0.05, 0.1) is 5.02 Å². The van der Waals surface area contributed by atoms with Crippen LogP contribution in [0.25, 0.3) is 0 Å². The second-order valence-electron chi connectivity index (χ2n) is 3.85. The Labute approximate surface area is 121 Å². The number of hydrogen-bond acceptors (Lipinski definition) is 1. The highest BCUT2D eigenvalue weighted by Gasteiger charge is 2.10. The van der Waals surface area contributed by atoms with Crippen molar-refractivity contribution in [1.29, 1.82) is 0 Å². The van der Waals surface area contributed by atoms with Crippen LogP contribution < -0.4 is 5.32 Å². The van der Waals surface area contributed by atoms with Crippen LogP contribution in [0.2, 0.25) is 5.02 Å². The molecule has 0 aliphatic carbocycles. The van der Waals surface area contributed by atoms with E-state index in [9.17, 15) is 13.2 Å². The molecule has 2 rings (SSSR count). The summed E-state index contributed by atoms with van der Waals surface area (Å²) in [7, 11) is 0. The van der Waals surface area contributed by atoms with Crippen molar-refractivity contribution in [2.75, 3.05) is 5.32 Å². The lowest BCUT2D eigenvalue weighted by atomic mass is 10.2. The zero-order valence-electron chi connectivity index (χ0n) is 9.48. The van der Waals surface area contributed by atoms with E-state index in [0.29, 0.717) is 10.0 Å². The lowest BCUT2D eigenvalue weighted by Crippen LogP contribution is -2.04. The molecule has 0 bridgehead atoms. The largest absolute Gasteiger partial charge is 0.376 e. The standard InChI is InChI=1S/C13H8BrClF3N/c14-8-4-11(17)13(12(18)5-8)19-6-7-1-2-9(15)10(16)3-7/h1-5,19H,6H2. The Morgan fingerprint density at radius 1 is 1.00 bits per heavy atom. The summed E-state index contributed by atoms with van der Waals surface area (Å²) in [5, 5.41) is 2.60. The summed E-state index contributed by atoms with van der Waals surface area (Å²) in [4.78, 5) is 0. The molecule has 0 amide bonds. The third-order valence-electron chi connectivity index (χ3n) is 2.46. The van der Waals surface area contributed by atoms with Gasteiger partial charge in [-0.3, -0.25) is 0 Å². The van der Waals surface area contributed by atoms with Crippen molar-refractivity contribution in [1.82, 2.24) is 0 Å². The summed E-state index contributed by atoms with van der Waals surface area (Å²) in [5.74, 6) is -2.01. The third kappa shape index (κ3) is 3.42. The Kier molecular flexibility index (Phi) is 4.37. The first kappa shape index (κ1) is 14.2. The first-order valence-corrected chi connectivity index (χ1v) is 6.47. The molecule has 100 valence electrons. The van der Waals surface area contributed by atoms with Crippen molar-refractivity contribution in [2.45, 2.75) is 6.54 Å². The maximum atomic E-state index is 13.5. The SMILES string of the molecule is Fc1cc(CNc2c(F)cc(Br)cc2F)ccc1Cl. The third-order valence-corrected chi connectivity index (χ3v) is 3.22. The molecule has 0 radical (unpaired) electrons. The topological polar surface area (TPSA) is 12.0 Å². The fraction of sp³-hybridized carbons (Fsp3) is 0.0769. The van der Waals surface area contributed by atoms with Gasteiger partial charge >= 0.3 is 0 Å². The molecule has 1 nitrogen and oxygen atoms in total. The first-order valence-electron chi connectivity index (χ1n) is 5.29. The van der Waals surface area contributed by atoms with Crippen molar-refractivity contribution < 1.29 is 13.2 Å².